The molecule has 3 aromatic heterocycles. The standard InChI is InChI=1S/C19H15N2.C11H8N.Ir/c1-19(2)16-8-4-3-7-14(16)15-10-18(21-12-17(15)19)13-6-5-9-20-11-13;1-2-6-10(7-3-1)11-8-4-5-9-12-11;/h3-10,12H,1-2H3;1-6,8-9H;/q2*-1;. The summed E-state index contributed by atoms with van der Waals surface area (Å²) in [6.07, 6.45) is 8.53. The number of aromatic nitrogens is 3. The number of hydrogen-bond acceptors (Lipinski definition) is 3. The van der Waals surface area contributed by atoms with Gasteiger partial charge in [-0.2, -0.15) is 0 Å². The average Bonchev–Trinajstić information content (AvgIpc) is 3.12. The summed E-state index contributed by atoms with van der Waals surface area (Å²) in [5, 5.41) is 0. The number of pyridine rings is 3. The third-order valence-electron chi connectivity index (χ3n) is 6.00. The van der Waals surface area contributed by atoms with Crippen molar-refractivity contribution < 1.29 is 20.1 Å². The van der Waals surface area contributed by atoms with Gasteiger partial charge in [0.25, 0.3) is 0 Å². The fourth-order valence-corrected chi connectivity index (χ4v) is 4.28. The normalized spacial score (nSPS) is 12.4. The van der Waals surface area contributed by atoms with Crippen LogP contribution in [0, 0.1) is 12.3 Å². The molecule has 0 spiro atoms. The van der Waals surface area contributed by atoms with E-state index < -0.39 is 0 Å². The largest absolute Gasteiger partial charge is 0.360 e. The van der Waals surface area contributed by atoms with Crippen LogP contribution in [-0.4, -0.2) is 15.0 Å². The summed E-state index contributed by atoms with van der Waals surface area (Å²) in [5.41, 5.74) is 9.12. The van der Waals surface area contributed by atoms with Gasteiger partial charge in [-0.05, 0) is 45.9 Å². The van der Waals surface area contributed by atoms with Crippen LogP contribution in [-0.2, 0) is 25.5 Å². The maximum Gasteiger partial charge on any atom is 0.0207 e. The van der Waals surface area contributed by atoms with Gasteiger partial charge in [-0.1, -0.05) is 62.5 Å². The Balaban J connectivity index is 0.000000180. The molecule has 0 aliphatic heterocycles. The molecule has 2 aromatic carbocycles. The Morgan fingerprint density at radius 2 is 1.47 bits per heavy atom. The smallest absolute Gasteiger partial charge is 0.0207 e. The Hall–Kier alpha value is -3.46. The quantitative estimate of drug-likeness (QED) is 0.205. The minimum absolute atomic E-state index is 0. The first-order valence-electron chi connectivity index (χ1n) is 11.0. The minimum atomic E-state index is 0. The van der Waals surface area contributed by atoms with E-state index in [2.05, 4.69) is 71.4 Å². The number of benzene rings is 2. The van der Waals surface area contributed by atoms with Gasteiger partial charge in [-0.15, -0.1) is 53.6 Å². The van der Waals surface area contributed by atoms with Gasteiger partial charge >= 0.3 is 0 Å². The first-order chi connectivity index (χ1) is 16.1. The summed E-state index contributed by atoms with van der Waals surface area (Å²) >= 11 is 0. The SMILES string of the molecule is CC1(C)c2ccccc2-c2cc(-c3[c-]nccc3)ncc21.[Ir].[c-]1ccccc1-c1ccccn1. The van der Waals surface area contributed by atoms with E-state index in [0.29, 0.717) is 0 Å². The zero-order chi connectivity index (χ0) is 22.7. The van der Waals surface area contributed by atoms with Gasteiger partial charge in [0.15, 0.2) is 0 Å². The van der Waals surface area contributed by atoms with Crippen LogP contribution < -0.4 is 0 Å². The molecule has 1 aliphatic carbocycles. The van der Waals surface area contributed by atoms with Crippen molar-refractivity contribution in [1.82, 2.24) is 15.0 Å². The molecule has 1 radical (unpaired) electrons. The van der Waals surface area contributed by atoms with Crippen molar-refractivity contribution in [3.63, 3.8) is 0 Å². The van der Waals surface area contributed by atoms with Crippen molar-refractivity contribution in [1.29, 1.82) is 0 Å². The molecule has 169 valence electrons. The van der Waals surface area contributed by atoms with Crippen molar-refractivity contribution in [2.75, 3.05) is 0 Å². The molecule has 0 saturated heterocycles. The van der Waals surface area contributed by atoms with Crippen molar-refractivity contribution in [3.05, 3.63) is 127 Å². The molecule has 0 bridgehead atoms. The van der Waals surface area contributed by atoms with Gasteiger partial charge in [-0.25, -0.2) is 0 Å². The first-order valence-corrected chi connectivity index (χ1v) is 11.0. The van der Waals surface area contributed by atoms with E-state index in [0.717, 1.165) is 22.5 Å². The minimum Gasteiger partial charge on any atom is -0.360 e. The number of fused-ring (bicyclic) bond motifs is 3. The molecule has 0 unspecified atom stereocenters. The molecule has 1 aliphatic rings. The van der Waals surface area contributed by atoms with Crippen molar-refractivity contribution in [2.45, 2.75) is 19.3 Å². The molecule has 0 N–H and O–H groups in total. The van der Waals surface area contributed by atoms with Crippen molar-refractivity contribution in [2.24, 2.45) is 0 Å². The Bertz CT molecular complexity index is 1330. The maximum absolute atomic E-state index is 4.63. The number of hydrogen-bond donors (Lipinski definition) is 0. The predicted molar refractivity (Wildman–Crippen MR) is 132 cm³/mol. The summed E-state index contributed by atoms with van der Waals surface area (Å²) in [6, 6.07) is 31.5. The molecule has 6 rings (SSSR count). The summed E-state index contributed by atoms with van der Waals surface area (Å²) < 4.78 is 0. The average molecular weight is 618 g/mol. The fourth-order valence-electron chi connectivity index (χ4n) is 4.28. The number of nitrogens with zero attached hydrogens (tertiary/aromatic N) is 3. The van der Waals surface area contributed by atoms with Gasteiger partial charge in [0, 0.05) is 37.9 Å². The van der Waals surface area contributed by atoms with E-state index in [1.165, 1.54) is 22.3 Å². The van der Waals surface area contributed by atoms with Gasteiger partial charge in [0.1, 0.15) is 0 Å². The predicted octanol–water partition coefficient (Wildman–Crippen LogP) is 6.80. The van der Waals surface area contributed by atoms with Gasteiger partial charge in [0.05, 0.1) is 0 Å². The van der Waals surface area contributed by atoms with Crippen LogP contribution in [0.2, 0.25) is 0 Å². The summed E-state index contributed by atoms with van der Waals surface area (Å²) in [4.78, 5) is 12.9. The third-order valence-corrected chi connectivity index (χ3v) is 6.00. The van der Waals surface area contributed by atoms with Crippen LogP contribution in [0.25, 0.3) is 33.6 Å². The van der Waals surface area contributed by atoms with E-state index in [9.17, 15) is 0 Å². The zero-order valence-electron chi connectivity index (χ0n) is 19.0. The molecule has 0 saturated carbocycles. The van der Waals surface area contributed by atoms with Crippen molar-refractivity contribution in [3.8, 4) is 33.6 Å². The van der Waals surface area contributed by atoms with E-state index >= 15 is 0 Å². The Labute approximate surface area is 214 Å². The summed E-state index contributed by atoms with van der Waals surface area (Å²) in [7, 11) is 0. The molecular weight excluding hydrogens is 595 g/mol. The third kappa shape index (κ3) is 4.61. The van der Waals surface area contributed by atoms with Crippen LogP contribution in [0.5, 0.6) is 0 Å². The molecular formula is C30H23IrN3-2. The van der Waals surface area contributed by atoms with Crippen LogP contribution in [0.3, 0.4) is 0 Å². The Morgan fingerprint density at radius 3 is 2.21 bits per heavy atom. The van der Waals surface area contributed by atoms with Crippen LogP contribution >= 0.6 is 0 Å². The van der Waals surface area contributed by atoms with Gasteiger partial charge < -0.3 is 15.0 Å². The van der Waals surface area contributed by atoms with E-state index in [1.54, 1.807) is 12.4 Å². The van der Waals surface area contributed by atoms with E-state index in [4.69, 9.17) is 0 Å². The second-order valence-corrected chi connectivity index (χ2v) is 8.44. The second-order valence-electron chi connectivity index (χ2n) is 8.44. The van der Waals surface area contributed by atoms with Crippen LogP contribution in [0.15, 0.2) is 104 Å². The van der Waals surface area contributed by atoms with Crippen molar-refractivity contribution >= 4 is 0 Å². The van der Waals surface area contributed by atoms with Crippen LogP contribution in [0.1, 0.15) is 25.0 Å². The first kappa shape index (κ1) is 23.7. The molecule has 0 fully saturated rings. The van der Waals surface area contributed by atoms with Gasteiger partial charge in [-0.3, -0.25) is 0 Å². The topological polar surface area (TPSA) is 38.7 Å². The maximum atomic E-state index is 4.63. The van der Waals surface area contributed by atoms with Gasteiger partial charge in [0.2, 0.25) is 0 Å². The molecule has 0 atom stereocenters. The fraction of sp³-hybridized carbons (Fsp3) is 0.100. The molecule has 3 nitrogen and oxygen atoms in total. The Morgan fingerprint density at radius 1 is 0.676 bits per heavy atom. The molecule has 3 heterocycles. The summed E-state index contributed by atoms with van der Waals surface area (Å²) in [5.74, 6) is 0. The zero-order valence-corrected chi connectivity index (χ0v) is 21.4. The van der Waals surface area contributed by atoms with E-state index in [1.807, 2.05) is 60.8 Å². The molecule has 5 aromatic rings. The molecule has 34 heavy (non-hydrogen) atoms. The van der Waals surface area contributed by atoms with Crippen LogP contribution in [0.4, 0.5) is 0 Å². The van der Waals surface area contributed by atoms with E-state index in [-0.39, 0.29) is 25.5 Å². The monoisotopic (exact) mass is 618 g/mol. The second kappa shape index (κ2) is 10.2. The molecule has 4 heteroatoms. The summed E-state index contributed by atoms with van der Waals surface area (Å²) in [6.45, 7) is 4.52. The molecule has 0 amide bonds. The number of rotatable bonds is 2. The Kier molecular flexibility index (Phi) is 7.11.